The van der Waals surface area contributed by atoms with Gasteiger partial charge in [0.1, 0.15) is 6.33 Å². The molecule has 0 aliphatic carbocycles. The Morgan fingerprint density at radius 2 is 2.33 bits per heavy atom. The average molecular weight is 240 g/mol. The van der Waals surface area contributed by atoms with Crippen LogP contribution in [0.25, 0.3) is 0 Å². The van der Waals surface area contributed by atoms with Crippen molar-refractivity contribution >= 4 is 23.6 Å². The van der Waals surface area contributed by atoms with Crippen LogP contribution in [-0.2, 0) is 4.79 Å². The van der Waals surface area contributed by atoms with Crippen LogP contribution in [0.3, 0.4) is 0 Å². The Kier molecular flexibility index (Phi) is 3.56. The fourth-order valence-electron chi connectivity index (χ4n) is 0.738. The lowest BCUT2D eigenvalue weighted by Gasteiger charge is -2.11. The van der Waals surface area contributed by atoms with E-state index in [0.29, 0.717) is 0 Å². The van der Waals surface area contributed by atoms with E-state index in [4.69, 9.17) is 0 Å². The number of thioether (sulfide) groups is 1. The number of rotatable bonds is 3. The Morgan fingerprint density at radius 3 is 2.80 bits per heavy atom. The summed E-state index contributed by atoms with van der Waals surface area (Å²) in [5.74, 6) is -0.760. The molecule has 5 nitrogen and oxygen atoms in total. The molecule has 1 aromatic heterocycles. The molecule has 84 valence electrons. The largest absolute Gasteiger partial charge is 0.442 e. The normalized spacial score (nSPS) is 13.6. The van der Waals surface area contributed by atoms with E-state index < -0.39 is 16.7 Å². The zero-order chi connectivity index (χ0) is 11.5. The number of hydrogen-bond acceptors (Lipinski definition) is 4. The molecular weight excluding hydrogens is 233 g/mol. The van der Waals surface area contributed by atoms with Crippen LogP contribution < -0.4 is 5.32 Å². The summed E-state index contributed by atoms with van der Waals surface area (Å²) in [7, 11) is 0. The number of carbonyl (C=O) groups excluding carboxylic acids is 1. The van der Waals surface area contributed by atoms with Gasteiger partial charge in [-0.3, -0.25) is 10.1 Å². The van der Waals surface area contributed by atoms with Crippen molar-refractivity contribution in [3.63, 3.8) is 0 Å². The minimum Gasteiger partial charge on any atom is -0.294 e. The molecule has 0 radical (unpaired) electrons. The van der Waals surface area contributed by atoms with Crippen molar-refractivity contribution in [2.75, 3.05) is 5.32 Å². The second-order valence-corrected chi connectivity index (χ2v) is 3.93. The maximum atomic E-state index is 11.9. The summed E-state index contributed by atoms with van der Waals surface area (Å²) < 4.78 is 35.7. The summed E-state index contributed by atoms with van der Waals surface area (Å²) in [6.45, 7) is 1.16. The number of anilines is 1. The van der Waals surface area contributed by atoms with Crippen molar-refractivity contribution in [3.8, 4) is 0 Å². The van der Waals surface area contributed by atoms with Gasteiger partial charge in [-0.05, 0) is 18.7 Å². The molecule has 0 saturated heterocycles. The molecule has 1 heterocycles. The van der Waals surface area contributed by atoms with Crippen molar-refractivity contribution in [3.05, 3.63) is 6.33 Å². The summed E-state index contributed by atoms with van der Waals surface area (Å²) in [6.07, 6.45) is 1.14. The topological polar surface area (TPSA) is 70.7 Å². The third-order valence-corrected chi connectivity index (χ3v) is 2.17. The monoisotopic (exact) mass is 240 g/mol. The number of nitrogens with one attached hydrogen (secondary N) is 2. The first-order valence-electron chi connectivity index (χ1n) is 3.79. The van der Waals surface area contributed by atoms with E-state index in [0.717, 1.165) is 13.3 Å². The Morgan fingerprint density at radius 1 is 1.67 bits per heavy atom. The van der Waals surface area contributed by atoms with Gasteiger partial charge in [-0.2, -0.15) is 23.3 Å². The van der Waals surface area contributed by atoms with Gasteiger partial charge in [-0.15, -0.1) is 0 Å². The molecule has 0 spiro atoms. The predicted octanol–water partition coefficient (Wildman–Crippen LogP) is 1.38. The number of carbonyl (C=O) groups is 1. The van der Waals surface area contributed by atoms with Crippen LogP contribution in [0.1, 0.15) is 6.92 Å². The lowest BCUT2D eigenvalue weighted by molar-refractivity contribution is -0.115. The Bertz CT molecular complexity index is 326. The Hall–Kier alpha value is -1.25. The Balaban J connectivity index is 2.47. The lowest BCUT2D eigenvalue weighted by Crippen LogP contribution is -2.25. The second-order valence-electron chi connectivity index (χ2n) is 2.53. The summed E-state index contributed by atoms with van der Waals surface area (Å²) >= 11 is -0.387. The van der Waals surface area contributed by atoms with Crippen LogP contribution in [0.15, 0.2) is 6.33 Å². The van der Waals surface area contributed by atoms with Crippen molar-refractivity contribution in [1.82, 2.24) is 15.2 Å². The fraction of sp³-hybridized carbons (Fsp3) is 0.500. The van der Waals surface area contributed by atoms with E-state index in [9.17, 15) is 18.0 Å². The van der Waals surface area contributed by atoms with Gasteiger partial charge < -0.3 is 0 Å². The molecule has 0 aromatic carbocycles. The molecule has 15 heavy (non-hydrogen) atoms. The molecule has 9 heteroatoms. The molecule has 1 rings (SSSR count). The zero-order valence-electron chi connectivity index (χ0n) is 7.50. The lowest BCUT2D eigenvalue weighted by atomic mass is 10.4. The molecular formula is C6H7F3N4OS. The van der Waals surface area contributed by atoms with Crippen LogP contribution >= 0.6 is 11.8 Å². The summed E-state index contributed by atoms with van der Waals surface area (Å²) in [5.41, 5.74) is -4.43. The number of halogens is 3. The van der Waals surface area contributed by atoms with Crippen LogP contribution in [0.2, 0.25) is 0 Å². The smallest absolute Gasteiger partial charge is 0.294 e. The van der Waals surface area contributed by atoms with Gasteiger partial charge in [0.05, 0.1) is 5.25 Å². The summed E-state index contributed by atoms with van der Waals surface area (Å²) in [6, 6.07) is 0. The third kappa shape index (κ3) is 4.19. The molecule has 2 N–H and O–H groups in total. The SMILES string of the molecule is CC(SC(F)(F)F)C(=O)Nc1ncn[nH]1. The van der Waals surface area contributed by atoms with Crippen LogP contribution in [0.5, 0.6) is 0 Å². The molecule has 0 bridgehead atoms. The maximum absolute atomic E-state index is 11.9. The van der Waals surface area contributed by atoms with Crippen molar-refractivity contribution in [2.45, 2.75) is 17.7 Å². The second kappa shape index (κ2) is 4.51. The molecule has 1 atom stereocenters. The van der Waals surface area contributed by atoms with Gasteiger partial charge in [0.15, 0.2) is 0 Å². The summed E-state index contributed by atoms with van der Waals surface area (Å²) in [5, 5.41) is 6.65. The van der Waals surface area contributed by atoms with Gasteiger partial charge in [0, 0.05) is 0 Å². The molecule has 0 fully saturated rings. The minimum absolute atomic E-state index is 0.0228. The van der Waals surface area contributed by atoms with E-state index in [-0.39, 0.29) is 17.7 Å². The van der Waals surface area contributed by atoms with Crippen LogP contribution in [-0.4, -0.2) is 31.8 Å². The van der Waals surface area contributed by atoms with Gasteiger partial charge in [-0.25, -0.2) is 5.10 Å². The van der Waals surface area contributed by atoms with Gasteiger partial charge in [0.2, 0.25) is 11.9 Å². The molecule has 0 aliphatic rings. The van der Waals surface area contributed by atoms with Gasteiger partial charge >= 0.3 is 5.51 Å². The van der Waals surface area contributed by atoms with Crippen molar-refractivity contribution in [2.24, 2.45) is 0 Å². The minimum atomic E-state index is -4.43. The predicted molar refractivity (Wildman–Crippen MR) is 48.1 cm³/mol. The highest BCUT2D eigenvalue weighted by molar-refractivity contribution is 8.01. The molecule has 1 aromatic rings. The number of aromatic amines is 1. The van der Waals surface area contributed by atoms with Crippen molar-refractivity contribution in [1.29, 1.82) is 0 Å². The van der Waals surface area contributed by atoms with Gasteiger partial charge in [0.25, 0.3) is 0 Å². The molecule has 0 aliphatic heterocycles. The number of hydrogen-bond donors (Lipinski definition) is 2. The van der Waals surface area contributed by atoms with Crippen molar-refractivity contribution < 1.29 is 18.0 Å². The number of alkyl halides is 3. The van der Waals surface area contributed by atoms with Crippen LogP contribution in [0.4, 0.5) is 19.1 Å². The highest BCUT2D eigenvalue weighted by Gasteiger charge is 2.34. The standard InChI is InChI=1S/C6H7F3N4OS/c1-3(15-6(7,8)9)4(14)12-5-10-2-11-13-5/h2-3H,1H3,(H2,10,11,12,13,14). The third-order valence-electron chi connectivity index (χ3n) is 1.34. The molecule has 1 amide bonds. The first-order chi connectivity index (χ1) is 6.88. The van der Waals surface area contributed by atoms with Gasteiger partial charge in [-0.1, -0.05) is 0 Å². The first kappa shape index (κ1) is 11.8. The number of nitrogens with zero attached hydrogens (tertiary/aromatic N) is 2. The first-order valence-corrected chi connectivity index (χ1v) is 4.67. The summed E-state index contributed by atoms with van der Waals surface area (Å²) in [4.78, 5) is 14.7. The molecule has 0 saturated carbocycles. The molecule has 1 unspecified atom stereocenters. The maximum Gasteiger partial charge on any atom is 0.442 e. The zero-order valence-corrected chi connectivity index (χ0v) is 8.32. The average Bonchev–Trinajstić information content (AvgIpc) is 2.53. The fourth-order valence-corrected chi connectivity index (χ4v) is 1.30. The number of aromatic nitrogens is 3. The van der Waals surface area contributed by atoms with E-state index in [1.807, 2.05) is 0 Å². The van der Waals surface area contributed by atoms with E-state index in [1.54, 1.807) is 0 Å². The van der Waals surface area contributed by atoms with E-state index >= 15 is 0 Å². The van der Waals surface area contributed by atoms with Crippen LogP contribution in [0, 0.1) is 0 Å². The quantitative estimate of drug-likeness (QED) is 0.837. The van der Waals surface area contributed by atoms with E-state index in [2.05, 4.69) is 20.5 Å². The highest BCUT2D eigenvalue weighted by atomic mass is 32.2. The number of amides is 1. The highest BCUT2D eigenvalue weighted by Crippen LogP contribution is 2.33. The Labute approximate surface area is 86.8 Å². The van der Waals surface area contributed by atoms with E-state index in [1.165, 1.54) is 0 Å². The number of H-pyrrole nitrogens is 1.